The summed E-state index contributed by atoms with van der Waals surface area (Å²) in [6, 6.07) is 10.2. The van der Waals surface area contributed by atoms with Gasteiger partial charge in [0.05, 0.1) is 13.2 Å². The molecule has 0 aromatic heterocycles. The zero-order chi connectivity index (χ0) is 17.6. The maximum atomic E-state index is 12.6. The van der Waals surface area contributed by atoms with Gasteiger partial charge in [-0.05, 0) is 24.3 Å². The molecule has 2 fully saturated rings. The largest absolute Gasteiger partial charge is 0.378 e. The highest BCUT2D eigenvalue weighted by Gasteiger charge is 2.31. The van der Waals surface area contributed by atoms with Crippen molar-refractivity contribution >= 4 is 11.8 Å². The molecule has 136 valence electrons. The first-order chi connectivity index (χ1) is 12.1. The lowest BCUT2D eigenvalue weighted by atomic mass is 9.93. The van der Waals surface area contributed by atoms with Crippen LogP contribution in [0.3, 0.4) is 0 Å². The second-order valence-corrected chi connectivity index (χ2v) is 7.11. The molecule has 2 aliphatic rings. The molecule has 3 rings (SSSR count). The molecule has 0 radical (unpaired) electrons. The molecule has 0 bridgehead atoms. The Bertz CT molecular complexity index is 576. The Balaban J connectivity index is 1.46. The van der Waals surface area contributed by atoms with E-state index in [9.17, 15) is 9.59 Å². The highest BCUT2D eigenvalue weighted by atomic mass is 16.5. The summed E-state index contributed by atoms with van der Waals surface area (Å²) in [5.74, 6) is 0.733. The molecule has 0 N–H and O–H groups in total. The fourth-order valence-corrected chi connectivity index (χ4v) is 3.71. The molecule has 2 amide bonds. The number of amides is 2. The Morgan fingerprint density at radius 2 is 1.68 bits per heavy atom. The lowest BCUT2D eigenvalue weighted by Crippen LogP contribution is -2.47. The van der Waals surface area contributed by atoms with Crippen LogP contribution < -0.4 is 0 Å². The molecular weight excluding hydrogens is 316 g/mol. The number of piperidine rings is 1. The third-order valence-electron chi connectivity index (χ3n) is 5.37. The monoisotopic (exact) mass is 344 g/mol. The van der Waals surface area contributed by atoms with Crippen LogP contribution in [0.1, 0.15) is 37.7 Å². The quantitative estimate of drug-likeness (QED) is 0.842. The van der Waals surface area contributed by atoms with E-state index < -0.39 is 0 Å². The van der Waals surface area contributed by atoms with E-state index in [1.807, 2.05) is 28.0 Å². The highest BCUT2D eigenvalue weighted by molar-refractivity contribution is 5.80. The van der Waals surface area contributed by atoms with Gasteiger partial charge in [-0.2, -0.15) is 0 Å². The van der Waals surface area contributed by atoms with Gasteiger partial charge >= 0.3 is 0 Å². The van der Waals surface area contributed by atoms with Gasteiger partial charge in [-0.15, -0.1) is 0 Å². The van der Waals surface area contributed by atoms with E-state index in [-0.39, 0.29) is 23.7 Å². The third-order valence-corrected chi connectivity index (χ3v) is 5.37. The lowest BCUT2D eigenvalue weighted by Gasteiger charge is -2.35. The molecule has 25 heavy (non-hydrogen) atoms. The summed E-state index contributed by atoms with van der Waals surface area (Å²) in [7, 11) is 0. The first-order valence-electron chi connectivity index (χ1n) is 9.34. The van der Waals surface area contributed by atoms with Gasteiger partial charge in [0.25, 0.3) is 0 Å². The molecule has 5 nitrogen and oxygen atoms in total. The number of rotatable bonds is 4. The molecule has 1 aromatic carbocycles. The summed E-state index contributed by atoms with van der Waals surface area (Å²) in [4.78, 5) is 29.0. The fraction of sp³-hybridized carbons (Fsp3) is 0.600. The van der Waals surface area contributed by atoms with Crippen LogP contribution in [0, 0.1) is 5.92 Å². The van der Waals surface area contributed by atoms with Gasteiger partial charge < -0.3 is 14.5 Å². The Morgan fingerprint density at radius 3 is 2.32 bits per heavy atom. The first-order valence-corrected chi connectivity index (χ1v) is 9.34. The van der Waals surface area contributed by atoms with Crippen LogP contribution >= 0.6 is 0 Å². The van der Waals surface area contributed by atoms with Crippen LogP contribution in [-0.2, 0) is 14.3 Å². The summed E-state index contributed by atoms with van der Waals surface area (Å²) < 4.78 is 5.31. The van der Waals surface area contributed by atoms with Gasteiger partial charge in [0.1, 0.15) is 0 Å². The van der Waals surface area contributed by atoms with Crippen LogP contribution in [0.25, 0.3) is 0 Å². The van der Waals surface area contributed by atoms with Crippen molar-refractivity contribution in [3.63, 3.8) is 0 Å². The molecule has 2 saturated heterocycles. The van der Waals surface area contributed by atoms with Crippen molar-refractivity contribution < 1.29 is 14.3 Å². The first kappa shape index (κ1) is 17.9. The normalized spacial score (nSPS) is 20.4. The number of carbonyl (C=O) groups is 2. The molecule has 1 atom stereocenters. The minimum Gasteiger partial charge on any atom is -0.378 e. The van der Waals surface area contributed by atoms with Crippen LogP contribution in [-0.4, -0.2) is 61.0 Å². The Morgan fingerprint density at radius 1 is 1.04 bits per heavy atom. The fourth-order valence-electron chi connectivity index (χ4n) is 3.71. The van der Waals surface area contributed by atoms with E-state index in [4.69, 9.17) is 4.74 Å². The van der Waals surface area contributed by atoms with Crippen LogP contribution in [0.5, 0.6) is 0 Å². The number of hydrogen-bond acceptors (Lipinski definition) is 3. The van der Waals surface area contributed by atoms with Crippen molar-refractivity contribution in [3.8, 4) is 0 Å². The summed E-state index contributed by atoms with van der Waals surface area (Å²) in [5, 5.41) is 0. The smallest absolute Gasteiger partial charge is 0.225 e. The Labute approximate surface area is 149 Å². The summed E-state index contributed by atoms with van der Waals surface area (Å²) >= 11 is 0. The van der Waals surface area contributed by atoms with Gasteiger partial charge in [-0.3, -0.25) is 9.59 Å². The maximum Gasteiger partial charge on any atom is 0.225 e. The minimum atomic E-state index is 0.0636. The van der Waals surface area contributed by atoms with Crippen molar-refractivity contribution in [3.05, 3.63) is 35.9 Å². The van der Waals surface area contributed by atoms with Gasteiger partial charge in [-0.1, -0.05) is 37.3 Å². The molecule has 0 aliphatic carbocycles. The number of ether oxygens (including phenoxy) is 1. The molecule has 0 spiro atoms. The molecule has 1 unspecified atom stereocenters. The van der Waals surface area contributed by atoms with Gasteiger partial charge in [-0.25, -0.2) is 0 Å². The Hall–Kier alpha value is -1.88. The SMILES string of the molecule is CC(CC(=O)N1CCC(C(=O)N2CCOCC2)CC1)c1ccccc1. The molecule has 0 saturated carbocycles. The number of likely N-dealkylation sites (tertiary alicyclic amines) is 1. The van der Waals surface area contributed by atoms with Gasteiger partial charge in [0, 0.05) is 38.5 Å². The number of nitrogens with zero attached hydrogens (tertiary/aromatic N) is 2. The van der Waals surface area contributed by atoms with E-state index in [0.717, 1.165) is 12.8 Å². The van der Waals surface area contributed by atoms with E-state index in [1.54, 1.807) is 0 Å². The molecule has 1 aromatic rings. The molecule has 2 aliphatic heterocycles. The zero-order valence-corrected chi connectivity index (χ0v) is 15.0. The predicted octanol–water partition coefficient (Wildman–Crippen LogP) is 2.28. The van der Waals surface area contributed by atoms with E-state index >= 15 is 0 Å². The average molecular weight is 344 g/mol. The van der Waals surface area contributed by atoms with Gasteiger partial charge in [0.15, 0.2) is 0 Å². The number of morpholine rings is 1. The van der Waals surface area contributed by atoms with Crippen molar-refractivity contribution in [2.45, 2.75) is 32.1 Å². The maximum absolute atomic E-state index is 12.6. The number of benzene rings is 1. The second-order valence-electron chi connectivity index (χ2n) is 7.11. The van der Waals surface area contributed by atoms with E-state index in [2.05, 4.69) is 19.1 Å². The predicted molar refractivity (Wildman–Crippen MR) is 96.2 cm³/mol. The van der Waals surface area contributed by atoms with Crippen LogP contribution in [0.2, 0.25) is 0 Å². The average Bonchev–Trinajstić information content (AvgIpc) is 2.69. The van der Waals surface area contributed by atoms with Crippen molar-refractivity contribution in [2.75, 3.05) is 39.4 Å². The summed E-state index contributed by atoms with van der Waals surface area (Å²) in [6.07, 6.45) is 2.09. The van der Waals surface area contributed by atoms with Crippen molar-refractivity contribution in [2.24, 2.45) is 5.92 Å². The Kier molecular flexibility index (Phi) is 6.08. The summed E-state index contributed by atoms with van der Waals surface area (Å²) in [5.41, 5.74) is 1.20. The standard InChI is InChI=1S/C20H28N2O3/c1-16(17-5-3-2-4-6-17)15-19(23)21-9-7-18(8-10-21)20(24)22-11-13-25-14-12-22/h2-6,16,18H,7-15H2,1H3. The second kappa shape index (κ2) is 8.48. The van der Waals surface area contributed by atoms with Crippen LogP contribution in [0.15, 0.2) is 30.3 Å². The molecule has 2 heterocycles. The van der Waals surface area contributed by atoms with E-state index in [1.165, 1.54) is 5.56 Å². The van der Waals surface area contributed by atoms with Crippen LogP contribution in [0.4, 0.5) is 0 Å². The van der Waals surface area contributed by atoms with E-state index in [0.29, 0.717) is 45.8 Å². The highest BCUT2D eigenvalue weighted by Crippen LogP contribution is 2.24. The topological polar surface area (TPSA) is 49.9 Å². The molecule has 5 heteroatoms. The number of hydrogen-bond donors (Lipinski definition) is 0. The van der Waals surface area contributed by atoms with Crippen molar-refractivity contribution in [1.29, 1.82) is 0 Å². The summed E-state index contributed by atoms with van der Waals surface area (Å²) in [6.45, 7) is 6.17. The van der Waals surface area contributed by atoms with Gasteiger partial charge in [0.2, 0.25) is 11.8 Å². The number of carbonyl (C=O) groups excluding carboxylic acids is 2. The lowest BCUT2D eigenvalue weighted by molar-refractivity contribution is -0.143. The van der Waals surface area contributed by atoms with Crippen molar-refractivity contribution in [1.82, 2.24) is 9.80 Å². The third kappa shape index (κ3) is 4.60. The zero-order valence-electron chi connectivity index (χ0n) is 15.0. The minimum absolute atomic E-state index is 0.0636. The molecular formula is C20H28N2O3.